The molecule has 1 atom stereocenters. The van der Waals surface area contributed by atoms with E-state index in [1.807, 2.05) is 0 Å². The van der Waals surface area contributed by atoms with Crippen molar-refractivity contribution in [2.75, 3.05) is 0 Å². The van der Waals surface area contributed by atoms with Crippen molar-refractivity contribution < 1.29 is 14.0 Å². The number of hydrogen-bond donors (Lipinski definition) is 2. The van der Waals surface area contributed by atoms with Crippen LogP contribution < -0.4 is 11.3 Å². The summed E-state index contributed by atoms with van der Waals surface area (Å²) in [6.45, 7) is 0. The normalized spacial score (nSPS) is 21.7. The number of nitrogens with one attached hydrogen (secondary N) is 1. The number of nitrogens with two attached hydrogens (primary N) is 1. The molecule has 0 saturated carbocycles. The van der Waals surface area contributed by atoms with E-state index >= 15 is 0 Å². The molecule has 80 valence electrons. The van der Waals surface area contributed by atoms with Gasteiger partial charge in [-0.1, -0.05) is 0 Å². The van der Waals surface area contributed by atoms with Gasteiger partial charge < -0.3 is 4.42 Å². The molecule has 1 unspecified atom stereocenters. The lowest BCUT2D eigenvalue weighted by molar-refractivity contribution is -0.151. The average Bonchev–Trinajstić information content (AvgIpc) is 2.67. The third-order valence-corrected chi connectivity index (χ3v) is 2.32. The van der Waals surface area contributed by atoms with Crippen LogP contribution in [0.15, 0.2) is 22.8 Å². The number of carbonyl (C=O) groups excluding carboxylic acids is 2. The van der Waals surface area contributed by atoms with Gasteiger partial charge in [-0.3, -0.25) is 9.59 Å². The van der Waals surface area contributed by atoms with Crippen molar-refractivity contribution in [2.45, 2.75) is 12.8 Å². The summed E-state index contributed by atoms with van der Waals surface area (Å²) >= 11 is 0. The van der Waals surface area contributed by atoms with Crippen LogP contribution in [0.1, 0.15) is 12.2 Å². The highest BCUT2D eigenvalue weighted by atomic mass is 16.3. The van der Waals surface area contributed by atoms with Crippen LogP contribution in [0.4, 0.5) is 0 Å². The lowest BCUT2D eigenvalue weighted by Gasteiger charge is -2.27. The van der Waals surface area contributed by atoms with Crippen molar-refractivity contribution in [1.29, 1.82) is 0 Å². The highest BCUT2D eigenvalue weighted by molar-refractivity contribution is 5.90. The minimum Gasteiger partial charge on any atom is -0.469 e. The molecule has 0 spiro atoms. The Morgan fingerprint density at radius 1 is 1.60 bits per heavy atom. The quantitative estimate of drug-likeness (QED) is 0.511. The van der Waals surface area contributed by atoms with E-state index in [0.717, 1.165) is 5.12 Å². The molecule has 6 nitrogen and oxygen atoms in total. The van der Waals surface area contributed by atoms with Gasteiger partial charge in [0.25, 0.3) is 5.91 Å². The molecule has 15 heavy (non-hydrogen) atoms. The smallest absolute Gasteiger partial charge is 0.256 e. The minimum atomic E-state index is -0.400. The largest absolute Gasteiger partial charge is 0.469 e. The Labute approximate surface area is 86.0 Å². The third-order valence-electron chi connectivity index (χ3n) is 2.32. The summed E-state index contributed by atoms with van der Waals surface area (Å²) in [6, 6.07) is 3.51. The Morgan fingerprint density at radius 2 is 2.40 bits per heavy atom. The molecule has 0 aliphatic carbocycles. The molecule has 1 aliphatic heterocycles. The predicted molar refractivity (Wildman–Crippen MR) is 49.7 cm³/mol. The minimum absolute atomic E-state index is 0.114. The van der Waals surface area contributed by atoms with Gasteiger partial charge in [0.2, 0.25) is 5.91 Å². The molecule has 1 aliphatic rings. The Kier molecular flexibility index (Phi) is 2.42. The number of amides is 2. The molecule has 2 rings (SSSR count). The molecule has 1 fully saturated rings. The zero-order valence-corrected chi connectivity index (χ0v) is 7.97. The maximum absolute atomic E-state index is 11.4. The van der Waals surface area contributed by atoms with Crippen molar-refractivity contribution in [2.24, 2.45) is 11.8 Å². The zero-order chi connectivity index (χ0) is 10.8. The van der Waals surface area contributed by atoms with Crippen molar-refractivity contribution in [1.82, 2.24) is 10.5 Å². The molecule has 2 heterocycles. The summed E-state index contributed by atoms with van der Waals surface area (Å²) in [6.07, 6.45) is 2.06. The van der Waals surface area contributed by atoms with Crippen molar-refractivity contribution in [3.63, 3.8) is 0 Å². The monoisotopic (exact) mass is 209 g/mol. The van der Waals surface area contributed by atoms with Crippen LogP contribution in [0, 0.1) is 5.92 Å². The van der Waals surface area contributed by atoms with Crippen LogP contribution in [-0.4, -0.2) is 16.9 Å². The molecule has 1 aromatic heterocycles. The molecule has 1 aromatic rings. The van der Waals surface area contributed by atoms with Gasteiger partial charge in [0.05, 0.1) is 12.2 Å². The summed E-state index contributed by atoms with van der Waals surface area (Å²) in [4.78, 5) is 22.7. The molecular formula is C9H11N3O3. The molecule has 6 heteroatoms. The van der Waals surface area contributed by atoms with E-state index in [-0.39, 0.29) is 18.2 Å². The second-order valence-corrected chi connectivity index (χ2v) is 3.42. The maximum atomic E-state index is 11.4. The fraction of sp³-hybridized carbons (Fsp3) is 0.333. The van der Waals surface area contributed by atoms with Crippen LogP contribution in [0.5, 0.6) is 0 Å². The molecular weight excluding hydrogens is 198 g/mol. The van der Waals surface area contributed by atoms with Gasteiger partial charge in [0, 0.05) is 12.8 Å². The highest BCUT2D eigenvalue weighted by Gasteiger charge is 2.31. The van der Waals surface area contributed by atoms with Crippen molar-refractivity contribution >= 4 is 11.8 Å². The SMILES string of the molecule is NN1NC(=O)C(Cc2ccco2)CC1=O. The fourth-order valence-electron chi connectivity index (χ4n) is 1.51. The molecule has 2 amide bonds. The molecule has 3 N–H and O–H groups in total. The summed E-state index contributed by atoms with van der Waals surface area (Å²) in [5, 5.41) is 0.723. The number of hydrazine groups is 2. The van der Waals surface area contributed by atoms with E-state index in [2.05, 4.69) is 5.43 Å². The first-order valence-electron chi connectivity index (χ1n) is 4.57. The standard InChI is InChI=1S/C9H11N3O3/c10-12-8(13)5-6(9(14)11-12)4-7-2-1-3-15-7/h1-3,6H,4-5,10H2,(H,11,14). The Balaban J connectivity index is 2.03. The second-order valence-electron chi connectivity index (χ2n) is 3.42. The number of furan rings is 1. The second kappa shape index (κ2) is 3.74. The lowest BCUT2D eigenvalue weighted by Crippen LogP contribution is -2.57. The Morgan fingerprint density at radius 3 is 3.07 bits per heavy atom. The van der Waals surface area contributed by atoms with E-state index in [9.17, 15) is 9.59 Å². The van der Waals surface area contributed by atoms with E-state index < -0.39 is 5.92 Å². The number of carbonyl (C=O) groups is 2. The first-order valence-corrected chi connectivity index (χ1v) is 4.57. The van der Waals surface area contributed by atoms with Crippen LogP contribution in [0.3, 0.4) is 0 Å². The number of rotatable bonds is 2. The van der Waals surface area contributed by atoms with Gasteiger partial charge in [-0.05, 0) is 12.1 Å². The Hall–Kier alpha value is -1.82. The predicted octanol–water partition coefficient (Wildman–Crippen LogP) is -0.424. The van der Waals surface area contributed by atoms with E-state index in [0.29, 0.717) is 12.2 Å². The van der Waals surface area contributed by atoms with Crippen LogP contribution >= 0.6 is 0 Å². The molecule has 0 bridgehead atoms. The topological polar surface area (TPSA) is 88.6 Å². The average molecular weight is 209 g/mol. The van der Waals surface area contributed by atoms with E-state index in [1.165, 1.54) is 6.26 Å². The first-order chi connectivity index (χ1) is 7.16. The van der Waals surface area contributed by atoms with Crippen molar-refractivity contribution in [3.8, 4) is 0 Å². The summed E-state index contributed by atoms with van der Waals surface area (Å²) in [7, 11) is 0. The summed E-state index contributed by atoms with van der Waals surface area (Å²) in [5.41, 5.74) is 2.27. The maximum Gasteiger partial charge on any atom is 0.256 e. The zero-order valence-electron chi connectivity index (χ0n) is 7.97. The number of nitrogens with zero attached hydrogens (tertiary/aromatic N) is 1. The first kappa shape index (κ1) is 9.72. The van der Waals surface area contributed by atoms with Crippen LogP contribution in [0.2, 0.25) is 0 Å². The van der Waals surface area contributed by atoms with Crippen LogP contribution in [0.25, 0.3) is 0 Å². The van der Waals surface area contributed by atoms with Crippen molar-refractivity contribution in [3.05, 3.63) is 24.2 Å². The van der Waals surface area contributed by atoms with E-state index in [4.69, 9.17) is 10.3 Å². The number of hydrogen-bond acceptors (Lipinski definition) is 4. The van der Waals surface area contributed by atoms with Gasteiger partial charge in [-0.2, -0.15) is 5.12 Å². The van der Waals surface area contributed by atoms with E-state index in [1.54, 1.807) is 12.1 Å². The molecule has 0 radical (unpaired) electrons. The van der Waals surface area contributed by atoms with Gasteiger partial charge >= 0.3 is 0 Å². The highest BCUT2D eigenvalue weighted by Crippen LogP contribution is 2.16. The summed E-state index contributed by atoms with van der Waals surface area (Å²) in [5.74, 6) is 4.97. The van der Waals surface area contributed by atoms with Crippen LogP contribution in [-0.2, 0) is 16.0 Å². The van der Waals surface area contributed by atoms with Gasteiger partial charge in [-0.15, -0.1) is 0 Å². The third kappa shape index (κ3) is 1.99. The molecule has 1 saturated heterocycles. The van der Waals surface area contributed by atoms with Gasteiger partial charge in [-0.25, -0.2) is 11.3 Å². The van der Waals surface area contributed by atoms with Gasteiger partial charge in [0.15, 0.2) is 0 Å². The van der Waals surface area contributed by atoms with Gasteiger partial charge in [0.1, 0.15) is 5.76 Å². The Bertz CT molecular complexity index is 374. The summed E-state index contributed by atoms with van der Waals surface area (Å²) < 4.78 is 5.11. The molecule has 0 aromatic carbocycles. The lowest BCUT2D eigenvalue weighted by atomic mass is 9.97. The fourth-order valence-corrected chi connectivity index (χ4v) is 1.51.